The molecule has 0 radical (unpaired) electrons. The van der Waals surface area contributed by atoms with Gasteiger partial charge < -0.3 is 9.80 Å². The molecule has 148 valence electrons. The Hall–Kier alpha value is -1.24. The van der Waals surface area contributed by atoms with Crippen molar-refractivity contribution in [2.45, 2.75) is 0 Å². The fourth-order valence-corrected chi connectivity index (χ4v) is 4.71. The van der Waals surface area contributed by atoms with Crippen LogP contribution in [0.3, 0.4) is 0 Å². The number of halogens is 2. The quantitative estimate of drug-likeness (QED) is 0.423. The molecule has 0 aromatic heterocycles. The van der Waals surface area contributed by atoms with E-state index in [1.807, 2.05) is 0 Å². The van der Waals surface area contributed by atoms with E-state index in [-0.39, 0.29) is 26.2 Å². The minimum atomic E-state index is -4.30. The van der Waals surface area contributed by atoms with Crippen LogP contribution in [0, 0.1) is 0 Å². The van der Waals surface area contributed by atoms with Crippen molar-refractivity contribution in [1.29, 1.82) is 0 Å². The van der Waals surface area contributed by atoms with Gasteiger partial charge in [-0.25, -0.2) is 16.8 Å². The zero-order valence-electron chi connectivity index (χ0n) is 13.4. The van der Waals surface area contributed by atoms with Gasteiger partial charge in [-0.3, -0.25) is 19.2 Å². The highest BCUT2D eigenvalue weighted by molar-refractivity contribution is 8.07. The van der Waals surface area contributed by atoms with Gasteiger partial charge in [0.15, 0.2) is 0 Å². The van der Waals surface area contributed by atoms with Gasteiger partial charge in [0.2, 0.25) is 31.5 Å². The van der Waals surface area contributed by atoms with Crippen LogP contribution in [0.1, 0.15) is 0 Å². The summed E-state index contributed by atoms with van der Waals surface area (Å²) in [5, 5.41) is -2.51. The average molecular weight is 451 g/mol. The molecule has 26 heavy (non-hydrogen) atoms. The van der Waals surface area contributed by atoms with Crippen molar-refractivity contribution in [1.82, 2.24) is 9.80 Å². The van der Waals surface area contributed by atoms with Crippen LogP contribution in [0.4, 0.5) is 0 Å². The van der Waals surface area contributed by atoms with E-state index < -0.39 is 65.0 Å². The minimum Gasteiger partial charge on any atom is -0.338 e. The molecule has 0 spiro atoms. The van der Waals surface area contributed by atoms with Gasteiger partial charge >= 0.3 is 0 Å². The Balaban J connectivity index is 2.62. The Morgan fingerprint density at radius 3 is 1.15 bits per heavy atom. The first-order valence-electron chi connectivity index (χ1n) is 7.13. The maximum Gasteiger partial charge on any atom is 0.261 e. The summed E-state index contributed by atoms with van der Waals surface area (Å²) in [7, 11) is -8.59. The first-order chi connectivity index (χ1) is 11.9. The molecule has 14 heteroatoms. The predicted molar refractivity (Wildman–Crippen MR) is 92.2 cm³/mol. The Morgan fingerprint density at radius 1 is 0.654 bits per heavy atom. The maximum atomic E-state index is 12.0. The Morgan fingerprint density at radius 2 is 0.923 bits per heavy atom. The van der Waals surface area contributed by atoms with Crippen LogP contribution in [0.5, 0.6) is 0 Å². The number of carbonyl (C=O) groups is 4. The van der Waals surface area contributed by atoms with E-state index >= 15 is 0 Å². The first-order valence-corrected chi connectivity index (χ1v) is 11.5. The molecule has 0 aliphatic carbocycles. The van der Waals surface area contributed by atoms with Gasteiger partial charge in [0, 0.05) is 26.2 Å². The SMILES string of the molecule is O=C(CS(=O)(=O)C(=O)CCl)N1CCN(C(=O)CS(=O)(=O)C(=O)CCl)CC1. The molecule has 1 rings (SSSR count). The van der Waals surface area contributed by atoms with E-state index in [9.17, 15) is 36.0 Å². The van der Waals surface area contributed by atoms with Gasteiger partial charge in [0.1, 0.15) is 11.5 Å². The molecule has 0 unspecified atom stereocenters. The van der Waals surface area contributed by atoms with Crippen molar-refractivity contribution in [2.24, 2.45) is 0 Å². The summed E-state index contributed by atoms with van der Waals surface area (Å²) < 4.78 is 46.3. The number of nitrogens with zero attached hydrogens (tertiary/aromatic N) is 2. The number of alkyl halides is 2. The molecular weight excluding hydrogens is 435 g/mol. The summed E-state index contributed by atoms with van der Waals surface area (Å²) in [6.07, 6.45) is 0. The molecule has 0 aromatic carbocycles. The van der Waals surface area contributed by atoms with Gasteiger partial charge in [-0.2, -0.15) is 0 Å². The zero-order chi connectivity index (χ0) is 20.1. The standard InChI is InChI=1S/C12H16Cl2N2O8S2/c13-5-11(19)25(21,22)7-9(17)15-1-2-16(4-3-15)10(18)8-26(23,24)12(20)6-14/h1-8H2. The number of hydrogen-bond acceptors (Lipinski definition) is 8. The van der Waals surface area contributed by atoms with Crippen LogP contribution in [0.25, 0.3) is 0 Å². The molecule has 1 aliphatic heterocycles. The molecule has 0 aromatic rings. The third kappa shape index (κ3) is 5.89. The highest BCUT2D eigenvalue weighted by Crippen LogP contribution is 2.07. The first kappa shape index (κ1) is 22.8. The van der Waals surface area contributed by atoms with Crippen molar-refractivity contribution in [3.63, 3.8) is 0 Å². The van der Waals surface area contributed by atoms with Gasteiger partial charge in [0.25, 0.3) is 10.2 Å². The second-order valence-corrected chi connectivity index (χ2v) is 9.77. The predicted octanol–water partition coefficient (Wildman–Crippen LogP) is -1.98. The molecule has 0 bridgehead atoms. The lowest BCUT2D eigenvalue weighted by molar-refractivity contribution is -0.136. The van der Waals surface area contributed by atoms with Crippen LogP contribution < -0.4 is 0 Å². The molecular formula is C12H16Cl2N2O8S2. The van der Waals surface area contributed by atoms with Gasteiger partial charge in [-0.1, -0.05) is 0 Å². The number of sulfone groups is 2. The number of hydrogen-bond donors (Lipinski definition) is 0. The number of amides is 2. The summed E-state index contributed by atoms with van der Waals surface area (Å²) in [6, 6.07) is 0. The Labute approximate surface area is 160 Å². The monoisotopic (exact) mass is 450 g/mol. The lowest BCUT2D eigenvalue weighted by Gasteiger charge is -2.34. The number of rotatable bonds is 6. The molecule has 2 amide bonds. The van der Waals surface area contributed by atoms with Crippen molar-refractivity contribution >= 4 is 64.9 Å². The van der Waals surface area contributed by atoms with E-state index in [2.05, 4.69) is 0 Å². The summed E-state index contributed by atoms with van der Waals surface area (Å²) >= 11 is 10.3. The molecule has 0 saturated carbocycles. The van der Waals surface area contributed by atoms with Crippen molar-refractivity contribution in [2.75, 3.05) is 49.4 Å². The maximum absolute atomic E-state index is 12.0. The molecule has 1 heterocycles. The van der Waals surface area contributed by atoms with Crippen molar-refractivity contribution in [3.8, 4) is 0 Å². The van der Waals surface area contributed by atoms with E-state index in [0.29, 0.717) is 0 Å². The van der Waals surface area contributed by atoms with Crippen LogP contribution in [0.15, 0.2) is 0 Å². The molecule has 1 aliphatic rings. The fraction of sp³-hybridized carbons (Fsp3) is 0.667. The van der Waals surface area contributed by atoms with E-state index in [4.69, 9.17) is 23.2 Å². The molecule has 0 N–H and O–H groups in total. The smallest absolute Gasteiger partial charge is 0.261 e. The van der Waals surface area contributed by atoms with Gasteiger partial charge in [0.05, 0.1) is 11.8 Å². The lowest BCUT2D eigenvalue weighted by atomic mass is 10.3. The van der Waals surface area contributed by atoms with Crippen molar-refractivity contribution < 1.29 is 36.0 Å². The topological polar surface area (TPSA) is 143 Å². The highest BCUT2D eigenvalue weighted by Gasteiger charge is 2.32. The van der Waals surface area contributed by atoms with Crippen LogP contribution >= 0.6 is 23.2 Å². The van der Waals surface area contributed by atoms with Crippen LogP contribution in [-0.4, -0.2) is 98.1 Å². The minimum absolute atomic E-state index is 0.0430. The zero-order valence-corrected chi connectivity index (χ0v) is 16.5. The normalized spacial score (nSPS) is 15.6. The van der Waals surface area contributed by atoms with Crippen LogP contribution in [0.2, 0.25) is 0 Å². The molecule has 1 saturated heterocycles. The lowest BCUT2D eigenvalue weighted by Crippen LogP contribution is -2.53. The van der Waals surface area contributed by atoms with E-state index in [1.165, 1.54) is 0 Å². The fourth-order valence-electron chi connectivity index (χ4n) is 2.04. The van der Waals surface area contributed by atoms with E-state index in [1.54, 1.807) is 0 Å². The third-order valence-corrected chi connectivity index (χ3v) is 7.26. The highest BCUT2D eigenvalue weighted by atomic mass is 35.5. The number of piperazine rings is 1. The van der Waals surface area contributed by atoms with Crippen molar-refractivity contribution in [3.05, 3.63) is 0 Å². The molecule has 10 nitrogen and oxygen atoms in total. The third-order valence-electron chi connectivity index (χ3n) is 3.52. The van der Waals surface area contributed by atoms with Gasteiger partial charge in [-0.05, 0) is 0 Å². The average Bonchev–Trinajstić information content (AvgIpc) is 2.59. The largest absolute Gasteiger partial charge is 0.338 e. The summed E-state index contributed by atoms with van der Waals surface area (Å²) in [4.78, 5) is 48.5. The van der Waals surface area contributed by atoms with E-state index in [0.717, 1.165) is 9.80 Å². The Kier molecular flexibility index (Phi) is 7.99. The van der Waals surface area contributed by atoms with Crippen LogP contribution in [-0.2, 0) is 38.9 Å². The molecule has 0 atom stereocenters. The number of carbonyl (C=O) groups excluding carboxylic acids is 4. The second-order valence-electron chi connectivity index (χ2n) is 5.29. The summed E-state index contributed by atoms with van der Waals surface area (Å²) in [6.45, 7) is -0.172. The second kappa shape index (κ2) is 9.11. The van der Waals surface area contributed by atoms with Gasteiger partial charge in [-0.15, -0.1) is 23.2 Å². The summed E-state index contributed by atoms with van der Waals surface area (Å²) in [5.41, 5.74) is 0. The molecule has 1 fully saturated rings. The summed E-state index contributed by atoms with van der Waals surface area (Å²) in [5.74, 6) is -5.20. The Bertz CT molecular complexity index is 733.